The van der Waals surface area contributed by atoms with Crippen molar-refractivity contribution >= 4 is 12.1 Å². The van der Waals surface area contributed by atoms with Crippen molar-refractivity contribution in [3.63, 3.8) is 0 Å². The Morgan fingerprint density at radius 1 is 1.23 bits per heavy atom. The number of hydrogen-bond donors (Lipinski definition) is 1. The van der Waals surface area contributed by atoms with Crippen molar-refractivity contribution in [1.29, 1.82) is 0 Å². The maximum absolute atomic E-state index is 12.7. The topological polar surface area (TPSA) is 50.7 Å². The Labute approximate surface area is 128 Å². The molecule has 22 heavy (non-hydrogen) atoms. The van der Waals surface area contributed by atoms with Gasteiger partial charge < -0.3 is 4.74 Å². The Hall–Kier alpha value is -2.69. The van der Waals surface area contributed by atoms with E-state index in [2.05, 4.69) is 10.5 Å². The minimum atomic E-state index is -0.362. The summed E-state index contributed by atoms with van der Waals surface area (Å²) in [5.74, 6) is 0.0000388. The van der Waals surface area contributed by atoms with Crippen LogP contribution in [0.5, 0.6) is 5.75 Å². The molecule has 0 heterocycles. The Bertz CT molecular complexity index is 682. The lowest BCUT2D eigenvalue weighted by Gasteiger charge is -2.08. The molecule has 0 aliphatic rings. The number of amides is 1. The number of hydrazone groups is 1. The van der Waals surface area contributed by atoms with E-state index in [1.807, 2.05) is 32.0 Å². The number of rotatable bonds is 5. The largest absolute Gasteiger partial charge is 0.483 e. The van der Waals surface area contributed by atoms with Gasteiger partial charge in [-0.05, 0) is 48.7 Å². The highest BCUT2D eigenvalue weighted by Crippen LogP contribution is 2.18. The Morgan fingerprint density at radius 2 is 1.95 bits per heavy atom. The second-order valence-corrected chi connectivity index (χ2v) is 4.90. The first kappa shape index (κ1) is 15.7. The molecule has 0 saturated carbocycles. The van der Waals surface area contributed by atoms with E-state index in [0.717, 1.165) is 11.1 Å². The molecule has 2 aromatic carbocycles. The van der Waals surface area contributed by atoms with E-state index < -0.39 is 0 Å². The average molecular weight is 300 g/mol. The minimum Gasteiger partial charge on any atom is -0.483 e. The summed E-state index contributed by atoms with van der Waals surface area (Å²) in [7, 11) is 0. The second kappa shape index (κ2) is 7.36. The Morgan fingerprint density at radius 3 is 2.68 bits per heavy atom. The van der Waals surface area contributed by atoms with Gasteiger partial charge in [-0.2, -0.15) is 5.10 Å². The fraction of sp³-hybridized carbons (Fsp3) is 0.176. The summed E-state index contributed by atoms with van der Waals surface area (Å²) in [6, 6.07) is 11.6. The first-order valence-corrected chi connectivity index (χ1v) is 6.82. The maximum atomic E-state index is 12.7. The van der Waals surface area contributed by atoms with Gasteiger partial charge in [0.05, 0.1) is 6.21 Å². The van der Waals surface area contributed by atoms with Gasteiger partial charge in [0, 0.05) is 0 Å². The SMILES string of the molecule is Cc1ccc(C)c(OCC(=O)N/N=C\c2ccc(F)cc2)c1. The van der Waals surface area contributed by atoms with Gasteiger partial charge in [0.25, 0.3) is 5.91 Å². The standard InChI is InChI=1S/C17H17FN2O2/c1-12-3-4-13(2)16(9-12)22-11-17(21)20-19-10-14-5-7-15(18)8-6-14/h3-10H,11H2,1-2H3,(H,20,21)/b19-10-. The fourth-order valence-corrected chi connectivity index (χ4v) is 1.77. The van der Waals surface area contributed by atoms with Gasteiger partial charge in [-0.25, -0.2) is 9.82 Å². The molecule has 1 N–H and O–H groups in total. The van der Waals surface area contributed by atoms with Crippen LogP contribution in [0, 0.1) is 19.7 Å². The van der Waals surface area contributed by atoms with Crippen molar-refractivity contribution in [2.24, 2.45) is 5.10 Å². The zero-order valence-corrected chi connectivity index (χ0v) is 12.5. The molecule has 2 rings (SSSR count). The third kappa shape index (κ3) is 4.70. The molecule has 0 unspecified atom stereocenters. The second-order valence-electron chi connectivity index (χ2n) is 4.90. The molecule has 0 spiro atoms. The van der Waals surface area contributed by atoms with Gasteiger partial charge in [-0.1, -0.05) is 24.3 Å². The summed E-state index contributed by atoms with van der Waals surface area (Å²) in [6.45, 7) is 3.75. The lowest BCUT2D eigenvalue weighted by Crippen LogP contribution is -2.24. The third-order valence-electron chi connectivity index (χ3n) is 2.98. The van der Waals surface area contributed by atoms with Crippen molar-refractivity contribution in [1.82, 2.24) is 5.43 Å². The smallest absolute Gasteiger partial charge is 0.277 e. The van der Waals surface area contributed by atoms with Crippen LogP contribution < -0.4 is 10.2 Å². The number of hydrogen-bond acceptors (Lipinski definition) is 3. The highest BCUT2D eigenvalue weighted by molar-refractivity contribution is 5.82. The molecule has 0 bridgehead atoms. The monoisotopic (exact) mass is 300 g/mol. The molecule has 0 fully saturated rings. The Kier molecular flexibility index (Phi) is 5.25. The van der Waals surface area contributed by atoms with Gasteiger partial charge >= 0.3 is 0 Å². The summed E-state index contributed by atoms with van der Waals surface area (Å²) in [5, 5.41) is 3.80. The van der Waals surface area contributed by atoms with Gasteiger partial charge in [0.2, 0.25) is 0 Å². The molecule has 0 aliphatic carbocycles. The Balaban J connectivity index is 1.83. The van der Waals surface area contributed by atoms with Crippen LogP contribution in [0.2, 0.25) is 0 Å². The van der Waals surface area contributed by atoms with Crippen LogP contribution >= 0.6 is 0 Å². The zero-order valence-electron chi connectivity index (χ0n) is 12.5. The molecule has 114 valence electrons. The van der Waals surface area contributed by atoms with Crippen LogP contribution in [-0.4, -0.2) is 18.7 Å². The van der Waals surface area contributed by atoms with E-state index in [-0.39, 0.29) is 18.3 Å². The highest BCUT2D eigenvalue weighted by Gasteiger charge is 2.04. The van der Waals surface area contributed by atoms with Crippen LogP contribution in [0.15, 0.2) is 47.6 Å². The van der Waals surface area contributed by atoms with E-state index >= 15 is 0 Å². The number of nitrogens with one attached hydrogen (secondary N) is 1. The molecule has 4 nitrogen and oxygen atoms in total. The number of carbonyl (C=O) groups excluding carboxylic acids is 1. The highest BCUT2D eigenvalue weighted by atomic mass is 19.1. The summed E-state index contributed by atoms with van der Waals surface area (Å²) in [6.07, 6.45) is 1.44. The van der Waals surface area contributed by atoms with Gasteiger partial charge in [0.15, 0.2) is 6.61 Å². The first-order valence-electron chi connectivity index (χ1n) is 6.82. The van der Waals surface area contributed by atoms with Crippen LogP contribution in [0.25, 0.3) is 0 Å². The van der Waals surface area contributed by atoms with E-state index in [4.69, 9.17) is 4.74 Å². The quantitative estimate of drug-likeness (QED) is 0.682. The molecule has 0 radical (unpaired) electrons. The normalized spacial score (nSPS) is 10.7. The van der Waals surface area contributed by atoms with Crippen LogP contribution in [0.3, 0.4) is 0 Å². The maximum Gasteiger partial charge on any atom is 0.277 e. The summed E-state index contributed by atoms with van der Waals surface area (Å²) in [4.78, 5) is 11.6. The van der Waals surface area contributed by atoms with Crippen molar-refractivity contribution in [2.45, 2.75) is 13.8 Å². The lowest BCUT2D eigenvalue weighted by molar-refractivity contribution is -0.123. The lowest BCUT2D eigenvalue weighted by atomic mass is 10.1. The fourth-order valence-electron chi connectivity index (χ4n) is 1.77. The first-order chi connectivity index (χ1) is 10.5. The molecule has 2 aromatic rings. The van der Waals surface area contributed by atoms with Crippen molar-refractivity contribution < 1.29 is 13.9 Å². The third-order valence-corrected chi connectivity index (χ3v) is 2.98. The van der Waals surface area contributed by atoms with Gasteiger partial charge in [0.1, 0.15) is 11.6 Å². The predicted octanol–water partition coefficient (Wildman–Crippen LogP) is 2.97. The van der Waals surface area contributed by atoms with E-state index in [0.29, 0.717) is 11.3 Å². The summed E-state index contributed by atoms with van der Waals surface area (Å²) in [5.41, 5.74) is 5.08. The minimum absolute atomic E-state index is 0.120. The van der Waals surface area contributed by atoms with Crippen LogP contribution in [-0.2, 0) is 4.79 Å². The molecular weight excluding hydrogens is 283 g/mol. The van der Waals surface area contributed by atoms with Gasteiger partial charge in [-0.3, -0.25) is 4.79 Å². The van der Waals surface area contributed by atoms with Crippen molar-refractivity contribution in [3.05, 3.63) is 65.0 Å². The molecule has 5 heteroatoms. The summed E-state index contributed by atoms with van der Waals surface area (Å²) < 4.78 is 18.2. The number of ether oxygens (including phenoxy) is 1. The number of nitrogens with zero attached hydrogens (tertiary/aromatic N) is 1. The molecule has 0 aromatic heterocycles. The number of halogens is 1. The molecule has 0 aliphatic heterocycles. The zero-order chi connectivity index (χ0) is 15.9. The van der Waals surface area contributed by atoms with Crippen LogP contribution in [0.1, 0.15) is 16.7 Å². The van der Waals surface area contributed by atoms with E-state index in [9.17, 15) is 9.18 Å². The van der Waals surface area contributed by atoms with Crippen LogP contribution in [0.4, 0.5) is 4.39 Å². The molecule has 1 amide bonds. The average Bonchev–Trinajstić information content (AvgIpc) is 2.50. The molecule has 0 saturated heterocycles. The van der Waals surface area contributed by atoms with E-state index in [1.54, 1.807) is 12.1 Å². The van der Waals surface area contributed by atoms with Crippen molar-refractivity contribution in [3.8, 4) is 5.75 Å². The molecular formula is C17H17FN2O2. The van der Waals surface area contributed by atoms with Crippen molar-refractivity contribution in [2.75, 3.05) is 6.61 Å². The predicted molar refractivity (Wildman–Crippen MR) is 83.5 cm³/mol. The molecule has 0 atom stereocenters. The number of benzene rings is 2. The van der Waals surface area contributed by atoms with Gasteiger partial charge in [-0.15, -0.1) is 0 Å². The summed E-state index contributed by atoms with van der Waals surface area (Å²) >= 11 is 0. The number of carbonyl (C=O) groups is 1. The van der Waals surface area contributed by atoms with E-state index in [1.165, 1.54) is 18.3 Å². The number of aryl methyl sites for hydroxylation is 2.